The molecule has 1 amide bonds. The Hall–Kier alpha value is -3.50. The quantitative estimate of drug-likeness (QED) is 0.550. The molecule has 0 spiro atoms. The van der Waals surface area contributed by atoms with E-state index in [9.17, 15) is 13.2 Å². The van der Waals surface area contributed by atoms with Gasteiger partial charge in [0.2, 0.25) is 11.8 Å². The molecule has 38 heavy (non-hydrogen) atoms. The lowest BCUT2D eigenvalue weighted by molar-refractivity contribution is 0.0690. The van der Waals surface area contributed by atoms with Crippen molar-refractivity contribution in [2.75, 3.05) is 37.4 Å². The Morgan fingerprint density at radius 2 is 1.76 bits per heavy atom. The fraction of sp³-hybridized carbons (Fsp3) is 0.393. The molecule has 3 aliphatic rings. The normalized spacial score (nSPS) is 21.3. The van der Waals surface area contributed by atoms with Gasteiger partial charge in [-0.15, -0.1) is 0 Å². The fourth-order valence-electron chi connectivity index (χ4n) is 5.33. The number of hydrogen-bond acceptors (Lipinski definition) is 7. The lowest BCUT2D eigenvalue weighted by Crippen LogP contribution is -2.40. The van der Waals surface area contributed by atoms with Crippen molar-refractivity contribution in [3.8, 4) is 17.1 Å². The molecule has 1 atom stereocenters. The van der Waals surface area contributed by atoms with E-state index in [0.29, 0.717) is 36.8 Å². The predicted molar refractivity (Wildman–Crippen MR) is 144 cm³/mol. The second kappa shape index (κ2) is 9.67. The molecule has 3 aromatic rings. The molecule has 1 N–H and O–H groups in total. The van der Waals surface area contributed by atoms with Crippen molar-refractivity contribution < 1.29 is 17.9 Å². The molecule has 1 unspecified atom stereocenters. The number of sulfonamides is 1. The number of nitrogens with one attached hydrogen (secondary N) is 1. The Morgan fingerprint density at radius 1 is 1.00 bits per heavy atom. The number of carbonyl (C=O) groups is 1. The average molecular weight is 534 g/mol. The standard InChI is InChI=1S/C28H31N5O4S/c1-18-5-3-6-19(2)26(18)24-14-25-30-28(29-24)31-38(35,36)23-8-4-7-21(13-23)27(34)33-12-11-32(15-20-9-10-20)16-22(17-33)37-25/h3-8,13-14,20,22H,9-12,15-17H2,1-2H3,(H,29,30,31). The van der Waals surface area contributed by atoms with Gasteiger partial charge in [0.15, 0.2) is 0 Å². The molecule has 1 aliphatic carbocycles. The molecule has 3 heterocycles. The van der Waals surface area contributed by atoms with Gasteiger partial charge in [0.1, 0.15) is 6.10 Å². The smallest absolute Gasteiger partial charge is 0.264 e. The molecule has 198 valence electrons. The number of fused-ring (bicyclic) bond motifs is 6. The second-order valence-corrected chi connectivity index (χ2v) is 12.2. The van der Waals surface area contributed by atoms with Crippen LogP contribution in [0.3, 0.4) is 0 Å². The molecule has 9 nitrogen and oxygen atoms in total. The summed E-state index contributed by atoms with van der Waals surface area (Å²) in [5.74, 6) is 0.691. The maximum absolute atomic E-state index is 13.5. The van der Waals surface area contributed by atoms with E-state index in [1.807, 2.05) is 32.0 Å². The summed E-state index contributed by atoms with van der Waals surface area (Å²) in [7, 11) is -4.06. The number of amides is 1. The van der Waals surface area contributed by atoms with Crippen LogP contribution in [0.5, 0.6) is 5.88 Å². The van der Waals surface area contributed by atoms with Crippen LogP contribution in [0, 0.1) is 19.8 Å². The van der Waals surface area contributed by atoms with E-state index in [1.165, 1.54) is 25.0 Å². The van der Waals surface area contributed by atoms with Crippen LogP contribution in [0.25, 0.3) is 11.3 Å². The maximum Gasteiger partial charge on any atom is 0.264 e. The number of ether oxygens (including phenoxy) is 1. The van der Waals surface area contributed by atoms with E-state index < -0.39 is 10.0 Å². The molecule has 6 rings (SSSR count). The zero-order valence-corrected chi connectivity index (χ0v) is 22.4. The van der Waals surface area contributed by atoms with Crippen molar-refractivity contribution in [1.82, 2.24) is 19.8 Å². The van der Waals surface area contributed by atoms with E-state index in [1.54, 1.807) is 23.1 Å². The highest BCUT2D eigenvalue weighted by atomic mass is 32.2. The molecular weight excluding hydrogens is 502 g/mol. The molecule has 1 saturated carbocycles. The van der Waals surface area contributed by atoms with Crippen LogP contribution in [0.2, 0.25) is 0 Å². The number of benzene rings is 2. The van der Waals surface area contributed by atoms with E-state index in [0.717, 1.165) is 29.8 Å². The molecule has 0 radical (unpaired) electrons. The Morgan fingerprint density at radius 3 is 2.53 bits per heavy atom. The number of hydrogen-bond donors (Lipinski definition) is 1. The highest BCUT2D eigenvalue weighted by Gasteiger charge is 2.32. The second-order valence-electron chi connectivity index (χ2n) is 10.5. The first-order valence-corrected chi connectivity index (χ1v) is 14.5. The van der Waals surface area contributed by atoms with E-state index in [-0.39, 0.29) is 28.7 Å². The maximum atomic E-state index is 13.5. The van der Waals surface area contributed by atoms with Crippen LogP contribution in [0.4, 0.5) is 5.95 Å². The number of aryl methyl sites for hydroxylation is 2. The van der Waals surface area contributed by atoms with Crippen LogP contribution in [-0.2, 0) is 10.0 Å². The Bertz CT molecular complexity index is 1480. The van der Waals surface area contributed by atoms with Crippen LogP contribution in [-0.4, -0.2) is 72.9 Å². The van der Waals surface area contributed by atoms with E-state index in [4.69, 9.17) is 4.74 Å². The summed E-state index contributed by atoms with van der Waals surface area (Å²) >= 11 is 0. The Labute approximate surface area is 222 Å². The van der Waals surface area contributed by atoms with Crippen molar-refractivity contribution in [3.05, 3.63) is 65.2 Å². The summed E-state index contributed by atoms with van der Waals surface area (Å²) in [6.45, 7) is 7.29. The minimum absolute atomic E-state index is 0.0205. The van der Waals surface area contributed by atoms with Gasteiger partial charge in [-0.25, -0.2) is 18.1 Å². The number of aromatic nitrogens is 2. The molecule has 2 aliphatic heterocycles. The van der Waals surface area contributed by atoms with Crippen LogP contribution in [0.1, 0.15) is 34.3 Å². The first-order valence-electron chi connectivity index (χ1n) is 13.0. The third kappa shape index (κ3) is 5.10. The molecule has 6 bridgehead atoms. The predicted octanol–water partition coefficient (Wildman–Crippen LogP) is 3.49. The molecular formula is C28H31N5O4S. The summed E-state index contributed by atoms with van der Waals surface area (Å²) in [6.07, 6.45) is 2.15. The van der Waals surface area contributed by atoms with Crippen molar-refractivity contribution >= 4 is 21.9 Å². The van der Waals surface area contributed by atoms with Crippen molar-refractivity contribution in [2.45, 2.75) is 37.7 Å². The summed E-state index contributed by atoms with van der Waals surface area (Å²) in [4.78, 5) is 26.7. The summed E-state index contributed by atoms with van der Waals surface area (Å²) in [6, 6.07) is 13.8. The molecule has 2 fully saturated rings. The van der Waals surface area contributed by atoms with Gasteiger partial charge in [-0.05, 0) is 61.9 Å². The third-order valence-corrected chi connectivity index (χ3v) is 8.74. The minimum atomic E-state index is -4.06. The highest BCUT2D eigenvalue weighted by molar-refractivity contribution is 7.92. The van der Waals surface area contributed by atoms with E-state index in [2.05, 4.69) is 19.6 Å². The SMILES string of the molecule is Cc1cccc(C)c1-c1cc2nc(n1)NS(=O)(=O)c1cccc(c1)C(=O)N1CCN(CC3CC3)CC(C1)O2. The number of nitrogens with zero attached hydrogens (tertiary/aromatic N) is 4. The van der Waals surface area contributed by atoms with Crippen molar-refractivity contribution in [1.29, 1.82) is 0 Å². The van der Waals surface area contributed by atoms with Crippen molar-refractivity contribution in [3.63, 3.8) is 0 Å². The van der Waals surface area contributed by atoms with Gasteiger partial charge >= 0.3 is 0 Å². The van der Waals surface area contributed by atoms with Gasteiger partial charge in [-0.2, -0.15) is 4.98 Å². The highest BCUT2D eigenvalue weighted by Crippen LogP contribution is 2.32. The number of carbonyl (C=O) groups excluding carboxylic acids is 1. The molecule has 1 aromatic heterocycles. The number of anilines is 1. The van der Waals surface area contributed by atoms with E-state index >= 15 is 0 Å². The zero-order chi connectivity index (χ0) is 26.4. The van der Waals surface area contributed by atoms with Gasteiger partial charge in [0.05, 0.1) is 17.1 Å². The minimum Gasteiger partial charge on any atom is -0.471 e. The lowest BCUT2D eigenvalue weighted by Gasteiger charge is -2.25. The largest absolute Gasteiger partial charge is 0.471 e. The van der Waals surface area contributed by atoms with Crippen molar-refractivity contribution in [2.24, 2.45) is 5.92 Å². The average Bonchev–Trinajstić information content (AvgIpc) is 3.71. The summed E-state index contributed by atoms with van der Waals surface area (Å²) in [5, 5.41) is 0. The van der Waals surface area contributed by atoms with Crippen LogP contribution < -0.4 is 9.46 Å². The first-order chi connectivity index (χ1) is 18.2. The molecule has 10 heteroatoms. The Balaban J connectivity index is 1.48. The Kier molecular flexibility index (Phi) is 6.31. The zero-order valence-electron chi connectivity index (χ0n) is 21.6. The van der Waals surface area contributed by atoms with Crippen LogP contribution in [0.15, 0.2) is 53.4 Å². The van der Waals surface area contributed by atoms with Crippen LogP contribution >= 0.6 is 0 Å². The summed E-state index contributed by atoms with van der Waals surface area (Å²) in [5.41, 5.74) is 3.82. The monoisotopic (exact) mass is 533 g/mol. The topological polar surface area (TPSA) is 105 Å². The lowest BCUT2D eigenvalue weighted by atomic mass is 10.00. The number of rotatable bonds is 3. The fourth-order valence-corrected chi connectivity index (χ4v) is 6.32. The van der Waals surface area contributed by atoms with Gasteiger partial charge < -0.3 is 9.64 Å². The van der Waals surface area contributed by atoms with Gasteiger partial charge in [0.25, 0.3) is 15.9 Å². The molecule has 1 saturated heterocycles. The van der Waals surface area contributed by atoms with Gasteiger partial charge in [0, 0.05) is 43.4 Å². The third-order valence-electron chi connectivity index (χ3n) is 7.42. The molecule has 2 aromatic carbocycles. The van der Waals surface area contributed by atoms with Gasteiger partial charge in [-0.1, -0.05) is 24.3 Å². The summed E-state index contributed by atoms with van der Waals surface area (Å²) < 4.78 is 35.6. The van der Waals surface area contributed by atoms with Gasteiger partial charge in [-0.3, -0.25) is 9.69 Å². The first kappa shape index (κ1) is 24.8.